The molecule has 0 bridgehead atoms. The first-order valence-electron chi connectivity index (χ1n) is 19.3. The van der Waals surface area contributed by atoms with Crippen molar-refractivity contribution < 1.29 is 57.9 Å². The molecule has 0 fully saturated rings. The number of carbonyl (C=O) groups excluding carboxylic acids is 5. The number of phenolic OH excluding ortho intramolecular Hbond substituents is 1. The van der Waals surface area contributed by atoms with Crippen LogP contribution in [0.5, 0.6) is 28.7 Å². The maximum absolute atomic E-state index is 11.7. The van der Waals surface area contributed by atoms with Gasteiger partial charge in [0, 0.05) is 56.9 Å². The van der Waals surface area contributed by atoms with E-state index in [0.29, 0.717) is 58.1 Å². The molecule has 19 heteroatoms. The third kappa shape index (κ3) is 17.5. The molecule has 0 saturated carbocycles. The highest BCUT2D eigenvalue weighted by atomic mass is 35.5. The van der Waals surface area contributed by atoms with Gasteiger partial charge in [-0.05, 0) is 92.7 Å². The molecule has 6 aromatic rings. The topological polar surface area (TPSA) is 255 Å². The molecule has 0 aliphatic rings. The minimum atomic E-state index is -1.03. The van der Waals surface area contributed by atoms with Crippen LogP contribution in [0.3, 0.4) is 0 Å². The molecule has 338 valence electrons. The van der Waals surface area contributed by atoms with E-state index in [4.69, 9.17) is 40.8 Å². The van der Waals surface area contributed by atoms with Crippen molar-refractivity contribution in [1.29, 1.82) is 0 Å². The lowest BCUT2D eigenvalue weighted by atomic mass is 10.2. The fourth-order valence-electron chi connectivity index (χ4n) is 4.82. The molecular formula is C46H45ClN6O12. The Morgan fingerprint density at radius 3 is 1.32 bits per heavy atom. The smallest absolute Gasteiger partial charge is 0.338 e. The van der Waals surface area contributed by atoms with Gasteiger partial charge in [0.05, 0.1) is 29.9 Å². The molecule has 3 aromatic heterocycles. The molecule has 3 heterocycles. The number of hydrogen-bond donors (Lipinski definition) is 5. The number of rotatable bonds is 12. The predicted molar refractivity (Wildman–Crippen MR) is 238 cm³/mol. The number of carbonyl (C=O) groups is 6. The number of nitrogens with zero attached hydrogens (tertiary/aromatic N) is 3. The summed E-state index contributed by atoms with van der Waals surface area (Å²) in [4.78, 5) is 79.2. The van der Waals surface area contributed by atoms with Crippen molar-refractivity contribution in [1.82, 2.24) is 30.9 Å². The Kier molecular flexibility index (Phi) is 21.1. The van der Waals surface area contributed by atoms with Crippen LogP contribution in [-0.4, -0.2) is 95.2 Å². The minimum Gasteiger partial charge on any atom is -0.508 e. The number of phenols is 1. The molecule has 0 saturated heterocycles. The first-order valence-corrected chi connectivity index (χ1v) is 19.7. The zero-order valence-corrected chi connectivity index (χ0v) is 36.5. The SMILES string of the molecule is CCOC(=O)c1cccc(O)c1.CCOC(=O)c1cccc(Oc2ccnc(C(=O)NC)c2)c1.CNC(=O)c1cc(Cl)ccn1.CNC(=O)c1cc(Oc2cccc(C(=O)O)c2)ccn1. The highest BCUT2D eigenvalue weighted by molar-refractivity contribution is 6.30. The molecule has 5 N–H and O–H groups in total. The summed E-state index contributed by atoms with van der Waals surface area (Å²) in [6.07, 6.45) is 4.42. The fraction of sp³-hybridized carbons (Fsp3) is 0.152. The lowest BCUT2D eigenvalue weighted by Crippen LogP contribution is -2.18. The average molecular weight is 909 g/mol. The number of esters is 2. The number of aromatic nitrogens is 3. The second-order valence-electron chi connectivity index (χ2n) is 12.4. The summed E-state index contributed by atoms with van der Waals surface area (Å²) in [7, 11) is 4.58. The van der Waals surface area contributed by atoms with Gasteiger partial charge in [-0.15, -0.1) is 0 Å². The normalized spacial score (nSPS) is 9.69. The van der Waals surface area contributed by atoms with Gasteiger partial charge >= 0.3 is 17.9 Å². The van der Waals surface area contributed by atoms with Crippen LogP contribution in [0, 0.1) is 0 Å². The molecule has 3 aromatic carbocycles. The van der Waals surface area contributed by atoms with Gasteiger partial charge < -0.3 is 45.1 Å². The number of ether oxygens (including phenoxy) is 4. The van der Waals surface area contributed by atoms with Gasteiger partial charge in [0.1, 0.15) is 45.8 Å². The van der Waals surface area contributed by atoms with E-state index in [-0.39, 0.29) is 40.4 Å². The molecule has 18 nitrogen and oxygen atoms in total. The van der Waals surface area contributed by atoms with Gasteiger partial charge in [-0.25, -0.2) is 14.4 Å². The molecule has 0 atom stereocenters. The van der Waals surface area contributed by atoms with Crippen LogP contribution in [0.15, 0.2) is 128 Å². The Balaban J connectivity index is 0.000000240. The van der Waals surface area contributed by atoms with Crippen LogP contribution >= 0.6 is 11.6 Å². The summed E-state index contributed by atoms with van der Waals surface area (Å²) in [6, 6.07) is 28.1. The van der Waals surface area contributed by atoms with Crippen molar-refractivity contribution >= 4 is 47.2 Å². The van der Waals surface area contributed by atoms with E-state index in [2.05, 4.69) is 30.9 Å². The van der Waals surface area contributed by atoms with Gasteiger partial charge in [-0.3, -0.25) is 29.3 Å². The Bertz CT molecular complexity index is 2570. The second kappa shape index (κ2) is 26.8. The third-order valence-electron chi connectivity index (χ3n) is 7.82. The summed E-state index contributed by atoms with van der Waals surface area (Å²) in [5, 5.41) is 25.8. The van der Waals surface area contributed by atoms with Crippen LogP contribution in [0.25, 0.3) is 0 Å². The molecule has 0 aliphatic heterocycles. The number of nitrogens with one attached hydrogen (secondary N) is 3. The van der Waals surface area contributed by atoms with E-state index in [9.17, 15) is 28.8 Å². The molecule has 3 amide bonds. The summed E-state index contributed by atoms with van der Waals surface area (Å²) in [6.45, 7) is 4.13. The van der Waals surface area contributed by atoms with Crippen molar-refractivity contribution in [2.75, 3.05) is 34.4 Å². The van der Waals surface area contributed by atoms with Crippen molar-refractivity contribution in [3.05, 3.63) is 167 Å². The van der Waals surface area contributed by atoms with Gasteiger partial charge in [-0.1, -0.05) is 29.8 Å². The summed E-state index contributed by atoms with van der Waals surface area (Å²) in [5.41, 5.74) is 1.71. The highest BCUT2D eigenvalue weighted by Gasteiger charge is 2.11. The number of benzene rings is 3. The quantitative estimate of drug-likeness (QED) is 0.0775. The number of halogens is 1. The van der Waals surface area contributed by atoms with Crippen LogP contribution in [0.1, 0.15) is 76.4 Å². The Morgan fingerprint density at radius 2 is 0.908 bits per heavy atom. The number of aromatic carboxylic acids is 1. The first kappa shape index (κ1) is 51.0. The largest absolute Gasteiger partial charge is 0.508 e. The summed E-state index contributed by atoms with van der Waals surface area (Å²) >= 11 is 5.63. The second-order valence-corrected chi connectivity index (χ2v) is 12.8. The van der Waals surface area contributed by atoms with Crippen molar-refractivity contribution in [3.8, 4) is 28.7 Å². The number of aromatic hydroxyl groups is 1. The van der Waals surface area contributed by atoms with Crippen LogP contribution < -0.4 is 25.4 Å². The van der Waals surface area contributed by atoms with E-state index < -0.39 is 17.9 Å². The van der Waals surface area contributed by atoms with Gasteiger partial charge in [0.25, 0.3) is 17.7 Å². The molecule has 0 aliphatic carbocycles. The van der Waals surface area contributed by atoms with Crippen LogP contribution in [-0.2, 0) is 9.47 Å². The highest BCUT2D eigenvalue weighted by Crippen LogP contribution is 2.24. The average Bonchev–Trinajstić information content (AvgIpc) is 3.32. The summed E-state index contributed by atoms with van der Waals surface area (Å²) in [5.74, 6) is -0.929. The molecule has 0 unspecified atom stereocenters. The third-order valence-corrected chi connectivity index (χ3v) is 8.05. The predicted octanol–water partition coefficient (Wildman–Crippen LogP) is 7.01. The zero-order valence-electron chi connectivity index (χ0n) is 35.7. The standard InChI is InChI=1S/C16H16N2O4.C14H12N2O4.C9H10O3.C7H7ClN2O/c1-3-21-16(20)11-5-4-6-12(9-11)22-13-7-8-18-14(10-13)15(19)17-2;1-15-13(17)12-8-11(5-6-16-12)20-10-4-2-3-9(7-10)14(18)19;1-2-12-9(11)7-4-3-5-8(10)6-7;1-9-7(11)6-4-5(8)2-3-10-6/h4-10H,3H2,1-2H3,(H,17,19);2-8H,1H3,(H,15,17)(H,18,19);3-6,10H,2H2,1H3;2-4H,1H3,(H,9,11). The van der Waals surface area contributed by atoms with E-state index in [1.807, 2.05) is 0 Å². The molecule has 0 radical (unpaired) electrons. The van der Waals surface area contributed by atoms with Crippen LogP contribution in [0.2, 0.25) is 5.02 Å². The molecule has 0 spiro atoms. The fourth-order valence-corrected chi connectivity index (χ4v) is 4.98. The Morgan fingerprint density at radius 1 is 0.523 bits per heavy atom. The molecule has 6 rings (SSSR count). The zero-order chi connectivity index (χ0) is 47.7. The van der Waals surface area contributed by atoms with Gasteiger partial charge in [0.2, 0.25) is 0 Å². The Labute approximate surface area is 378 Å². The van der Waals surface area contributed by atoms with Crippen molar-refractivity contribution in [2.24, 2.45) is 0 Å². The van der Waals surface area contributed by atoms with Gasteiger partial charge in [-0.2, -0.15) is 0 Å². The lowest BCUT2D eigenvalue weighted by Gasteiger charge is -2.08. The van der Waals surface area contributed by atoms with E-state index in [1.165, 1.54) is 75.2 Å². The van der Waals surface area contributed by atoms with Crippen LogP contribution in [0.4, 0.5) is 0 Å². The number of carboxylic acids is 1. The molecular weight excluding hydrogens is 864 g/mol. The summed E-state index contributed by atoms with van der Waals surface area (Å²) < 4.78 is 20.8. The van der Waals surface area contributed by atoms with E-state index >= 15 is 0 Å². The minimum absolute atomic E-state index is 0.0700. The first-order chi connectivity index (χ1) is 31.2. The maximum Gasteiger partial charge on any atom is 0.338 e. The van der Waals surface area contributed by atoms with Crippen molar-refractivity contribution in [3.63, 3.8) is 0 Å². The van der Waals surface area contributed by atoms with E-state index in [0.717, 1.165) is 0 Å². The number of pyridine rings is 3. The van der Waals surface area contributed by atoms with E-state index in [1.54, 1.807) is 87.6 Å². The number of hydrogen-bond acceptors (Lipinski definition) is 14. The molecule has 65 heavy (non-hydrogen) atoms. The van der Waals surface area contributed by atoms with Gasteiger partial charge in [0.15, 0.2) is 0 Å². The lowest BCUT2D eigenvalue weighted by molar-refractivity contribution is 0.0516. The Hall–Kier alpha value is -8.38. The number of carboxylic acid groups (broad SMARTS) is 1. The maximum atomic E-state index is 11.7. The number of amides is 3. The van der Waals surface area contributed by atoms with Crippen molar-refractivity contribution in [2.45, 2.75) is 13.8 Å². The monoisotopic (exact) mass is 908 g/mol.